The zero-order valence-corrected chi connectivity index (χ0v) is 13.4. The largest absolute Gasteiger partial charge is 0.476 e. The van der Waals surface area contributed by atoms with Crippen LogP contribution in [0.3, 0.4) is 0 Å². The summed E-state index contributed by atoms with van der Waals surface area (Å²) in [6.45, 7) is 1.89. The molecule has 2 aromatic carbocycles. The van der Waals surface area contributed by atoms with Crippen molar-refractivity contribution in [3.63, 3.8) is 0 Å². The first kappa shape index (κ1) is 14.7. The van der Waals surface area contributed by atoms with Crippen LogP contribution in [0.4, 0.5) is 0 Å². The Labute approximate surface area is 140 Å². The zero-order chi connectivity index (χ0) is 16.7. The second kappa shape index (κ2) is 5.64. The Balaban J connectivity index is 1.95. The van der Waals surface area contributed by atoms with Crippen molar-refractivity contribution in [1.29, 1.82) is 0 Å². The first-order chi connectivity index (χ1) is 11.7. The molecule has 0 aliphatic heterocycles. The second-order valence-electron chi connectivity index (χ2n) is 6.15. The molecule has 1 aromatic heterocycles. The number of carbonyl (C=O) groups is 1. The van der Waals surface area contributed by atoms with Gasteiger partial charge in [0.1, 0.15) is 5.82 Å². The van der Waals surface area contributed by atoms with E-state index in [1.807, 2.05) is 43.3 Å². The van der Waals surface area contributed by atoms with Gasteiger partial charge in [-0.15, -0.1) is 0 Å². The Bertz CT molecular complexity index is 913. The Hall–Kier alpha value is -2.88. The Morgan fingerprint density at radius 2 is 1.83 bits per heavy atom. The van der Waals surface area contributed by atoms with Gasteiger partial charge in [0.15, 0.2) is 5.69 Å². The van der Waals surface area contributed by atoms with Gasteiger partial charge in [0, 0.05) is 5.56 Å². The quantitative estimate of drug-likeness (QED) is 0.791. The van der Waals surface area contributed by atoms with Gasteiger partial charge in [-0.3, -0.25) is 0 Å². The fraction of sp³-hybridized carbons (Fsp3) is 0.200. The summed E-state index contributed by atoms with van der Waals surface area (Å²) in [5.74, 6) is -0.241. The molecular weight excluding hydrogens is 300 g/mol. The van der Waals surface area contributed by atoms with Crippen LogP contribution in [0.25, 0.3) is 11.3 Å². The average Bonchev–Trinajstić information content (AvgIpc) is 3.16. The molecule has 0 unspecified atom stereocenters. The summed E-state index contributed by atoms with van der Waals surface area (Å²) < 4.78 is 2.10. The van der Waals surface area contributed by atoms with E-state index < -0.39 is 5.97 Å². The van der Waals surface area contributed by atoms with Gasteiger partial charge in [0.2, 0.25) is 0 Å². The Kier molecular flexibility index (Phi) is 3.45. The molecule has 4 nitrogen and oxygen atoms in total. The highest BCUT2D eigenvalue weighted by atomic mass is 16.4. The smallest absolute Gasteiger partial charge is 0.356 e. The minimum Gasteiger partial charge on any atom is -0.476 e. The van der Waals surface area contributed by atoms with E-state index in [2.05, 4.69) is 27.8 Å². The minimum atomic E-state index is -0.984. The number of fused-ring (bicyclic) bond motifs is 1. The molecule has 120 valence electrons. The first-order valence-corrected chi connectivity index (χ1v) is 8.12. The molecule has 0 radical (unpaired) electrons. The number of carboxylic acids is 1. The van der Waals surface area contributed by atoms with Crippen molar-refractivity contribution in [2.24, 2.45) is 0 Å². The fourth-order valence-corrected chi connectivity index (χ4v) is 3.75. The monoisotopic (exact) mass is 318 g/mol. The van der Waals surface area contributed by atoms with Gasteiger partial charge in [-0.25, -0.2) is 9.78 Å². The van der Waals surface area contributed by atoms with E-state index in [0.717, 1.165) is 24.2 Å². The van der Waals surface area contributed by atoms with Crippen molar-refractivity contribution in [2.75, 3.05) is 0 Å². The standard InChI is InChI=1S/C20H18N2O2/c1-13-21-18(20(23)24)19(15-8-3-2-4-9-15)22(13)17-12-11-14-7-5-6-10-16(14)17/h2-10,17H,11-12H2,1H3,(H,23,24)/t17-/m1/s1. The lowest BCUT2D eigenvalue weighted by atomic mass is 10.1. The maximum Gasteiger partial charge on any atom is 0.356 e. The number of hydrogen-bond donors (Lipinski definition) is 1. The molecule has 0 saturated heterocycles. The molecule has 3 aromatic rings. The summed E-state index contributed by atoms with van der Waals surface area (Å²) in [6.07, 6.45) is 1.98. The van der Waals surface area contributed by atoms with Crippen LogP contribution in [-0.4, -0.2) is 20.6 Å². The number of aromatic nitrogens is 2. The van der Waals surface area contributed by atoms with Crippen molar-refractivity contribution in [3.05, 3.63) is 77.2 Å². The van der Waals surface area contributed by atoms with E-state index in [0.29, 0.717) is 5.69 Å². The molecule has 0 saturated carbocycles. The molecule has 1 aliphatic rings. The molecular formula is C20H18N2O2. The Morgan fingerprint density at radius 1 is 1.12 bits per heavy atom. The lowest BCUT2D eigenvalue weighted by Gasteiger charge is -2.19. The highest BCUT2D eigenvalue weighted by Crippen LogP contribution is 2.39. The van der Waals surface area contributed by atoms with Crippen LogP contribution >= 0.6 is 0 Å². The lowest BCUT2D eigenvalue weighted by Crippen LogP contribution is -2.11. The van der Waals surface area contributed by atoms with Crippen LogP contribution in [0.1, 0.15) is 39.9 Å². The SMILES string of the molecule is Cc1nc(C(=O)O)c(-c2ccccc2)n1[C@@H]1CCc2ccccc21. The number of carboxylic acid groups (broad SMARTS) is 1. The number of aryl methyl sites for hydroxylation is 2. The maximum atomic E-state index is 11.7. The van der Waals surface area contributed by atoms with Crippen LogP contribution in [0.5, 0.6) is 0 Å². The topological polar surface area (TPSA) is 55.1 Å². The summed E-state index contributed by atoms with van der Waals surface area (Å²) >= 11 is 0. The summed E-state index contributed by atoms with van der Waals surface area (Å²) in [5.41, 5.74) is 4.32. The van der Waals surface area contributed by atoms with Gasteiger partial charge in [-0.05, 0) is 30.9 Å². The number of nitrogens with zero attached hydrogens (tertiary/aromatic N) is 2. The first-order valence-electron chi connectivity index (χ1n) is 8.12. The number of benzene rings is 2. The van der Waals surface area contributed by atoms with Crippen molar-refractivity contribution in [1.82, 2.24) is 9.55 Å². The molecule has 0 amide bonds. The van der Waals surface area contributed by atoms with Crippen molar-refractivity contribution in [3.8, 4) is 11.3 Å². The van der Waals surface area contributed by atoms with Crippen LogP contribution in [0.15, 0.2) is 54.6 Å². The van der Waals surface area contributed by atoms with E-state index in [1.165, 1.54) is 11.1 Å². The van der Waals surface area contributed by atoms with E-state index in [1.54, 1.807) is 0 Å². The maximum absolute atomic E-state index is 11.7. The molecule has 0 fully saturated rings. The molecule has 1 N–H and O–H groups in total. The molecule has 1 heterocycles. The van der Waals surface area contributed by atoms with Crippen LogP contribution < -0.4 is 0 Å². The predicted octanol–water partition coefficient (Wildman–Crippen LogP) is 4.09. The second-order valence-corrected chi connectivity index (χ2v) is 6.15. The molecule has 24 heavy (non-hydrogen) atoms. The Morgan fingerprint density at radius 3 is 2.58 bits per heavy atom. The van der Waals surface area contributed by atoms with E-state index >= 15 is 0 Å². The van der Waals surface area contributed by atoms with Gasteiger partial charge < -0.3 is 9.67 Å². The van der Waals surface area contributed by atoms with Crippen LogP contribution in [0, 0.1) is 6.92 Å². The third-order valence-electron chi connectivity index (χ3n) is 4.75. The van der Waals surface area contributed by atoms with Crippen molar-refractivity contribution in [2.45, 2.75) is 25.8 Å². The normalized spacial score (nSPS) is 16.1. The van der Waals surface area contributed by atoms with Gasteiger partial charge in [0.25, 0.3) is 0 Å². The highest BCUT2D eigenvalue weighted by Gasteiger charge is 2.30. The van der Waals surface area contributed by atoms with E-state index in [-0.39, 0.29) is 11.7 Å². The van der Waals surface area contributed by atoms with Crippen LogP contribution in [-0.2, 0) is 6.42 Å². The summed E-state index contributed by atoms with van der Waals surface area (Å²) in [6, 6.07) is 18.2. The van der Waals surface area contributed by atoms with E-state index in [4.69, 9.17) is 0 Å². The molecule has 4 heteroatoms. The van der Waals surface area contributed by atoms with Gasteiger partial charge in [-0.1, -0.05) is 54.6 Å². The lowest BCUT2D eigenvalue weighted by molar-refractivity contribution is 0.0691. The number of aromatic carboxylic acids is 1. The number of imidazole rings is 1. The molecule has 4 rings (SSSR count). The van der Waals surface area contributed by atoms with Crippen LogP contribution in [0.2, 0.25) is 0 Å². The van der Waals surface area contributed by atoms with Crippen molar-refractivity contribution < 1.29 is 9.90 Å². The van der Waals surface area contributed by atoms with Gasteiger partial charge in [-0.2, -0.15) is 0 Å². The summed E-state index contributed by atoms with van der Waals surface area (Å²) in [5, 5.41) is 9.63. The fourth-order valence-electron chi connectivity index (χ4n) is 3.75. The van der Waals surface area contributed by atoms with Gasteiger partial charge in [0.05, 0.1) is 11.7 Å². The highest BCUT2D eigenvalue weighted by molar-refractivity contribution is 5.93. The summed E-state index contributed by atoms with van der Waals surface area (Å²) in [7, 11) is 0. The minimum absolute atomic E-state index is 0.128. The zero-order valence-electron chi connectivity index (χ0n) is 13.4. The third-order valence-corrected chi connectivity index (χ3v) is 4.75. The molecule has 1 aliphatic carbocycles. The predicted molar refractivity (Wildman–Crippen MR) is 92.3 cm³/mol. The van der Waals surface area contributed by atoms with Gasteiger partial charge >= 0.3 is 5.97 Å². The van der Waals surface area contributed by atoms with Crippen molar-refractivity contribution >= 4 is 5.97 Å². The molecule has 0 bridgehead atoms. The number of hydrogen-bond acceptors (Lipinski definition) is 2. The number of rotatable bonds is 3. The summed E-state index contributed by atoms with van der Waals surface area (Å²) in [4.78, 5) is 16.1. The average molecular weight is 318 g/mol. The van der Waals surface area contributed by atoms with E-state index in [9.17, 15) is 9.90 Å². The third kappa shape index (κ3) is 2.22. The molecule has 1 atom stereocenters. The molecule has 0 spiro atoms.